The highest BCUT2D eigenvalue weighted by molar-refractivity contribution is 5.97. The first kappa shape index (κ1) is 9.32. The van der Waals surface area contributed by atoms with E-state index in [1.54, 1.807) is 6.07 Å². The van der Waals surface area contributed by atoms with Crippen LogP contribution in [0.5, 0.6) is 0 Å². The van der Waals surface area contributed by atoms with Crippen LogP contribution in [0.2, 0.25) is 0 Å². The lowest BCUT2D eigenvalue weighted by Gasteiger charge is -2.02. The second-order valence-corrected chi connectivity index (χ2v) is 2.84. The Morgan fingerprint density at radius 3 is 2.73 bits per heavy atom. The van der Waals surface area contributed by atoms with Gasteiger partial charge >= 0.3 is 0 Å². The Kier molecular flexibility index (Phi) is 2.17. The molecule has 15 heavy (non-hydrogen) atoms. The van der Waals surface area contributed by atoms with Crippen LogP contribution in [-0.4, -0.2) is 20.7 Å². The maximum Gasteiger partial charge on any atom is 0.268 e. The molecule has 1 aromatic carbocycles. The van der Waals surface area contributed by atoms with E-state index in [0.717, 1.165) is 10.9 Å². The second-order valence-electron chi connectivity index (χ2n) is 2.84. The van der Waals surface area contributed by atoms with Crippen molar-refractivity contribution in [2.45, 2.75) is 0 Å². The van der Waals surface area contributed by atoms with Crippen molar-refractivity contribution < 1.29 is 9.18 Å². The van der Waals surface area contributed by atoms with Crippen molar-refractivity contribution in [2.75, 3.05) is 5.73 Å². The first-order chi connectivity index (χ1) is 7.20. The van der Waals surface area contributed by atoms with Gasteiger partial charge in [-0.05, 0) is 12.1 Å². The highest BCUT2D eigenvalue weighted by atomic mass is 19.1. The summed E-state index contributed by atoms with van der Waals surface area (Å²) in [6.45, 7) is 0. The molecule has 6 heteroatoms. The fraction of sp³-hybridized carbons (Fsp3) is 0. The molecule has 2 N–H and O–H groups in total. The number of carbonyl (C=O) groups is 1. The Hall–Kier alpha value is -2.24. The molecule has 0 amide bonds. The van der Waals surface area contributed by atoms with Gasteiger partial charge in [0.15, 0.2) is 0 Å². The van der Waals surface area contributed by atoms with E-state index >= 15 is 0 Å². The largest absolute Gasteiger partial charge is 0.368 e. The van der Waals surface area contributed by atoms with Crippen LogP contribution in [0.3, 0.4) is 0 Å². The van der Waals surface area contributed by atoms with Gasteiger partial charge in [-0.15, -0.1) is 10.2 Å². The lowest BCUT2D eigenvalue weighted by atomic mass is 10.2. The molecule has 0 aliphatic heterocycles. The summed E-state index contributed by atoms with van der Waals surface area (Å²) in [5, 5.41) is 6.88. The van der Waals surface area contributed by atoms with Crippen molar-refractivity contribution in [1.82, 2.24) is 14.8 Å². The van der Waals surface area contributed by atoms with Crippen LogP contribution in [0, 0.1) is 5.82 Å². The lowest BCUT2D eigenvalue weighted by Crippen LogP contribution is -2.15. The molecular formula is C9H7FN4O. The summed E-state index contributed by atoms with van der Waals surface area (Å²) in [7, 11) is 0. The topological polar surface area (TPSA) is 73.8 Å². The van der Waals surface area contributed by atoms with Gasteiger partial charge in [0.1, 0.15) is 12.1 Å². The molecule has 1 aromatic heterocycles. The van der Waals surface area contributed by atoms with E-state index < -0.39 is 11.7 Å². The second kappa shape index (κ2) is 3.49. The van der Waals surface area contributed by atoms with Crippen molar-refractivity contribution in [3.63, 3.8) is 0 Å². The summed E-state index contributed by atoms with van der Waals surface area (Å²) in [4.78, 5) is 11.7. The van der Waals surface area contributed by atoms with Crippen molar-refractivity contribution in [2.24, 2.45) is 0 Å². The number of nitrogens with two attached hydrogens (primary N) is 1. The predicted octanol–water partition coefficient (Wildman–Crippen LogP) is 0.688. The minimum Gasteiger partial charge on any atom is -0.368 e. The van der Waals surface area contributed by atoms with Crippen molar-refractivity contribution in [1.29, 1.82) is 0 Å². The number of aromatic nitrogens is 3. The van der Waals surface area contributed by atoms with E-state index in [9.17, 15) is 9.18 Å². The summed E-state index contributed by atoms with van der Waals surface area (Å²) in [6.07, 6.45) is 1.14. The smallest absolute Gasteiger partial charge is 0.268 e. The van der Waals surface area contributed by atoms with Gasteiger partial charge in [0, 0.05) is 0 Å². The summed E-state index contributed by atoms with van der Waals surface area (Å²) in [5.74, 6) is -1.26. The molecule has 0 fully saturated rings. The molecule has 0 atom stereocenters. The van der Waals surface area contributed by atoms with E-state index in [1.807, 2.05) is 0 Å². The van der Waals surface area contributed by atoms with Gasteiger partial charge < -0.3 is 5.73 Å². The van der Waals surface area contributed by atoms with Crippen LogP contribution in [0.4, 0.5) is 10.3 Å². The molecule has 0 aliphatic rings. The summed E-state index contributed by atoms with van der Waals surface area (Å²) < 4.78 is 14.2. The van der Waals surface area contributed by atoms with Gasteiger partial charge in [-0.2, -0.15) is 0 Å². The first-order valence-electron chi connectivity index (χ1n) is 4.15. The highest BCUT2D eigenvalue weighted by Gasteiger charge is 2.15. The number of nitrogens with zero attached hydrogens (tertiary/aromatic N) is 3. The molecule has 0 unspecified atom stereocenters. The molecule has 1 heterocycles. The highest BCUT2D eigenvalue weighted by Crippen LogP contribution is 2.10. The van der Waals surface area contributed by atoms with Gasteiger partial charge in [-0.3, -0.25) is 4.79 Å². The molecule has 0 saturated heterocycles. The van der Waals surface area contributed by atoms with E-state index in [1.165, 1.54) is 18.2 Å². The lowest BCUT2D eigenvalue weighted by molar-refractivity contribution is 0.0958. The zero-order valence-corrected chi connectivity index (χ0v) is 7.59. The van der Waals surface area contributed by atoms with Crippen LogP contribution >= 0.6 is 0 Å². The van der Waals surface area contributed by atoms with Crippen molar-refractivity contribution in [3.05, 3.63) is 42.0 Å². The van der Waals surface area contributed by atoms with Gasteiger partial charge in [-0.1, -0.05) is 12.1 Å². The monoisotopic (exact) mass is 206 g/mol. The Labute approximate surface area is 84.3 Å². The first-order valence-corrected chi connectivity index (χ1v) is 4.15. The van der Waals surface area contributed by atoms with E-state index in [-0.39, 0.29) is 11.5 Å². The van der Waals surface area contributed by atoms with E-state index in [0.29, 0.717) is 0 Å². The van der Waals surface area contributed by atoms with Crippen molar-refractivity contribution in [3.8, 4) is 0 Å². The zero-order chi connectivity index (χ0) is 10.8. The summed E-state index contributed by atoms with van der Waals surface area (Å²) >= 11 is 0. The number of hydrogen-bond donors (Lipinski definition) is 1. The number of anilines is 1. The molecule has 0 saturated carbocycles. The van der Waals surface area contributed by atoms with E-state index in [2.05, 4.69) is 10.2 Å². The molecule has 0 aliphatic carbocycles. The molecule has 0 spiro atoms. The average Bonchev–Trinajstić information content (AvgIpc) is 2.64. The fourth-order valence-electron chi connectivity index (χ4n) is 1.16. The molecule has 0 radical (unpaired) electrons. The van der Waals surface area contributed by atoms with Gasteiger partial charge in [0.05, 0.1) is 5.56 Å². The quantitative estimate of drug-likeness (QED) is 0.744. The average molecular weight is 206 g/mol. The number of benzene rings is 1. The number of halogens is 1. The third kappa shape index (κ3) is 1.56. The number of hydrogen-bond acceptors (Lipinski definition) is 4. The molecule has 76 valence electrons. The Morgan fingerprint density at radius 1 is 1.40 bits per heavy atom. The molecule has 5 nitrogen and oxygen atoms in total. The summed E-state index contributed by atoms with van der Waals surface area (Å²) in [5.41, 5.74) is 5.31. The third-order valence-electron chi connectivity index (χ3n) is 1.90. The number of nitrogen functional groups attached to an aromatic ring is 1. The number of rotatable bonds is 1. The van der Waals surface area contributed by atoms with Crippen LogP contribution in [0.25, 0.3) is 0 Å². The minimum absolute atomic E-state index is 0.0657. The maximum atomic E-state index is 13.2. The molecule has 0 bridgehead atoms. The molecular weight excluding hydrogens is 199 g/mol. The normalized spacial score (nSPS) is 10.2. The van der Waals surface area contributed by atoms with Gasteiger partial charge in [0.2, 0.25) is 5.95 Å². The van der Waals surface area contributed by atoms with Gasteiger partial charge in [0.25, 0.3) is 5.91 Å². The Balaban J connectivity index is 2.46. The third-order valence-corrected chi connectivity index (χ3v) is 1.90. The fourth-order valence-corrected chi connectivity index (χ4v) is 1.16. The summed E-state index contributed by atoms with van der Waals surface area (Å²) in [6, 6.07) is 5.64. The minimum atomic E-state index is -0.601. The SMILES string of the molecule is Nc1nncn1C(=O)c1ccccc1F. The standard InChI is InChI=1S/C9H7FN4O/c10-7-4-2-1-3-6(7)8(15)14-5-12-13-9(14)11/h1-5H,(H2,11,13). The molecule has 2 rings (SSSR count). The van der Waals surface area contributed by atoms with Crippen LogP contribution < -0.4 is 5.73 Å². The van der Waals surface area contributed by atoms with Crippen LogP contribution in [0.15, 0.2) is 30.6 Å². The predicted molar refractivity (Wildman–Crippen MR) is 50.6 cm³/mol. The Bertz CT molecular complexity index is 508. The van der Waals surface area contributed by atoms with E-state index in [4.69, 9.17) is 5.73 Å². The van der Waals surface area contributed by atoms with Crippen molar-refractivity contribution >= 4 is 11.9 Å². The number of carbonyl (C=O) groups excluding carboxylic acids is 1. The zero-order valence-electron chi connectivity index (χ0n) is 7.59. The molecule has 2 aromatic rings. The van der Waals surface area contributed by atoms with Crippen LogP contribution in [-0.2, 0) is 0 Å². The van der Waals surface area contributed by atoms with Crippen LogP contribution in [0.1, 0.15) is 10.4 Å². The van der Waals surface area contributed by atoms with Gasteiger partial charge in [-0.25, -0.2) is 8.96 Å². The Morgan fingerprint density at radius 2 is 2.13 bits per heavy atom. The maximum absolute atomic E-state index is 13.2.